The summed E-state index contributed by atoms with van der Waals surface area (Å²) < 4.78 is 10.8. The minimum Gasteiger partial charge on any atom is -0.484 e. The maximum absolute atomic E-state index is 5.66. The van der Waals surface area contributed by atoms with Crippen molar-refractivity contribution < 1.29 is 9.26 Å². The van der Waals surface area contributed by atoms with Crippen LogP contribution in [0.15, 0.2) is 28.8 Å². The summed E-state index contributed by atoms with van der Waals surface area (Å²) in [5, 5.41) is 7.14. The molecule has 5 nitrogen and oxygen atoms in total. The van der Waals surface area contributed by atoms with E-state index in [0.29, 0.717) is 24.4 Å². The molecule has 0 amide bonds. The second-order valence-corrected chi connectivity index (χ2v) is 5.53. The fourth-order valence-electron chi connectivity index (χ4n) is 1.88. The van der Waals surface area contributed by atoms with Gasteiger partial charge in [0.05, 0.1) is 0 Å². The summed E-state index contributed by atoms with van der Waals surface area (Å²) in [6.07, 6.45) is 0.998. The second kappa shape index (κ2) is 7.22. The third-order valence-corrected chi connectivity index (χ3v) is 3.32. The lowest BCUT2D eigenvalue weighted by Crippen LogP contribution is -2.23. The molecule has 0 saturated heterocycles. The molecule has 2 aromatic rings. The zero-order valence-electron chi connectivity index (χ0n) is 13.1. The monoisotopic (exact) mass is 289 g/mol. The van der Waals surface area contributed by atoms with Gasteiger partial charge in [-0.1, -0.05) is 31.1 Å². The highest BCUT2D eigenvalue weighted by Crippen LogP contribution is 2.16. The van der Waals surface area contributed by atoms with Crippen LogP contribution in [0.25, 0.3) is 0 Å². The quantitative estimate of drug-likeness (QED) is 0.849. The van der Waals surface area contributed by atoms with Crippen LogP contribution in [-0.4, -0.2) is 23.2 Å². The average molecular weight is 289 g/mol. The van der Waals surface area contributed by atoms with Gasteiger partial charge in [-0.15, -0.1) is 0 Å². The molecule has 0 aliphatic rings. The summed E-state index contributed by atoms with van der Waals surface area (Å²) in [7, 11) is 1.97. The van der Waals surface area contributed by atoms with Gasteiger partial charge in [-0.25, -0.2) is 0 Å². The highest BCUT2D eigenvalue weighted by atomic mass is 16.5. The van der Waals surface area contributed by atoms with Crippen LogP contribution < -0.4 is 10.1 Å². The molecule has 1 atom stereocenters. The minimum atomic E-state index is 0.260. The van der Waals surface area contributed by atoms with Gasteiger partial charge in [0, 0.05) is 12.0 Å². The molecule has 2 rings (SSSR count). The molecule has 1 aromatic heterocycles. The van der Waals surface area contributed by atoms with Gasteiger partial charge >= 0.3 is 0 Å². The number of nitrogens with one attached hydrogen (secondary N) is 1. The Morgan fingerprint density at radius 1 is 1.19 bits per heavy atom. The molecule has 0 aliphatic heterocycles. The fourth-order valence-corrected chi connectivity index (χ4v) is 1.88. The molecule has 0 spiro atoms. The smallest absolute Gasteiger partial charge is 0.264 e. The van der Waals surface area contributed by atoms with Crippen LogP contribution in [0.5, 0.6) is 5.75 Å². The number of aromatic nitrogens is 2. The van der Waals surface area contributed by atoms with Gasteiger partial charge < -0.3 is 14.6 Å². The van der Waals surface area contributed by atoms with E-state index in [0.717, 1.165) is 12.2 Å². The van der Waals surface area contributed by atoms with Gasteiger partial charge in [0.15, 0.2) is 12.4 Å². The molecule has 21 heavy (non-hydrogen) atoms. The molecule has 0 bridgehead atoms. The molecule has 0 aliphatic carbocycles. The third-order valence-electron chi connectivity index (χ3n) is 3.32. The van der Waals surface area contributed by atoms with Crippen LogP contribution in [0.2, 0.25) is 0 Å². The number of rotatable bonds is 7. The lowest BCUT2D eigenvalue weighted by molar-refractivity contribution is 0.242. The number of hydrogen-bond acceptors (Lipinski definition) is 5. The minimum absolute atomic E-state index is 0.260. The Morgan fingerprint density at radius 3 is 2.48 bits per heavy atom. The zero-order chi connectivity index (χ0) is 15.2. The first-order valence-electron chi connectivity index (χ1n) is 7.30. The molecule has 0 saturated carbocycles. The van der Waals surface area contributed by atoms with E-state index in [1.165, 1.54) is 5.56 Å². The lowest BCUT2D eigenvalue weighted by Gasteiger charge is -2.10. The first-order valence-corrected chi connectivity index (χ1v) is 7.30. The van der Waals surface area contributed by atoms with Gasteiger partial charge in [0.2, 0.25) is 0 Å². The predicted octanol–water partition coefficient (Wildman–Crippen LogP) is 2.92. The Kier molecular flexibility index (Phi) is 5.33. The maximum atomic E-state index is 5.66. The van der Waals surface area contributed by atoms with Gasteiger partial charge in [-0.05, 0) is 38.1 Å². The summed E-state index contributed by atoms with van der Waals surface area (Å²) in [6.45, 7) is 6.51. The Balaban J connectivity index is 1.88. The summed E-state index contributed by atoms with van der Waals surface area (Å²) in [5.74, 6) is 2.28. The van der Waals surface area contributed by atoms with Gasteiger partial charge in [-0.2, -0.15) is 4.98 Å². The van der Waals surface area contributed by atoms with Gasteiger partial charge in [0.1, 0.15) is 5.75 Å². The van der Waals surface area contributed by atoms with Crippen LogP contribution in [0.3, 0.4) is 0 Å². The molecule has 1 heterocycles. The Bertz CT molecular complexity index is 549. The Labute approximate surface area is 125 Å². The van der Waals surface area contributed by atoms with Gasteiger partial charge in [-0.3, -0.25) is 0 Å². The van der Waals surface area contributed by atoms with E-state index < -0.39 is 0 Å². The highest BCUT2D eigenvalue weighted by molar-refractivity contribution is 5.27. The molecule has 0 fully saturated rings. The molecule has 1 N–H and O–H groups in total. The topological polar surface area (TPSA) is 60.2 Å². The van der Waals surface area contributed by atoms with E-state index in [-0.39, 0.29) is 5.92 Å². The van der Waals surface area contributed by atoms with Crippen LogP contribution in [0, 0.1) is 0 Å². The van der Waals surface area contributed by atoms with E-state index in [4.69, 9.17) is 9.26 Å². The number of hydrogen-bond donors (Lipinski definition) is 1. The first kappa shape index (κ1) is 15.5. The summed E-state index contributed by atoms with van der Waals surface area (Å²) in [5.41, 5.74) is 1.28. The van der Waals surface area contributed by atoms with Crippen molar-refractivity contribution in [2.75, 3.05) is 7.05 Å². The second-order valence-electron chi connectivity index (χ2n) is 5.53. The van der Waals surface area contributed by atoms with Gasteiger partial charge in [0.25, 0.3) is 5.89 Å². The van der Waals surface area contributed by atoms with Crippen molar-refractivity contribution in [2.24, 2.45) is 0 Å². The predicted molar refractivity (Wildman–Crippen MR) is 81.4 cm³/mol. The number of nitrogens with zero attached hydrogens (tertiary/aromatic N) is 2. The lowest BCUT2D eigenvalue weighted by atomic mass is 10.1. The Morgan fingerprint density at radius 2 is 1.90 bits per heavy atom. The van der Waals surface area contributed by atoms with Crippen molar-refractivity contribution in [1.29, 1.82) is 0 Å². The fraction of sp³-hybridized carbons (Fsp3) is 0.500. The Hall–Kier alpha value is -1.88. The van der Waals surface area contributed by atoms with E-state index in [2.05, 4.69) is 34.5 Å². The van der Waals surface area contributed by atoms with Crippen molar-refractivity contribution in [3.05, 3.63) is 41.5 Å². The van der Waals surface area contributed by atoms with Crippen LogP contribution in [-0.2, 0) is 13.0 Å². The standard InChI is InChI=1S/C16H23N3O2/c1-11(2)16-18-15(21-19-16)10-20-14-7-5-13(6-8-14)9-12(3)17-4/h5-8,11-12,17H,9-10H2,1-4H3. The van der Waals surface area contributed by atoms with Crippen molar-refractivity contribution in [3.63, 3.8) is 0 Å². The highest BCUT2D eigenvalue weighted by Gasteiger charge is 2.10. The first-order chi connectivity index (χ1) is 10.1. The molecule has 114 valence electrons. The van der Waals surface area contributed by atoms with Crippen molar-refractivity contribution in [1.82, 2.24) is 15.5 Å². The van der Waals surface area contributed by atoms with Crippen LogP contribution in [0.1, 0.15) is 44.0 Å². The van der Waals surface area contributed by atoms with Crippen LogP contribution in [0.4, 0.5) is 0 Å². The number of ether oxygens (including phenoxy) is 1. The van der Waals surface area contributed by atoms with E-state index in [9.17, 15) is 0 Å². The normalized spacial score (nSPS) is 12.6. The van der Waals surface area contributed by atoms with E-state index in [1.54, 1.807) is 0 Å². The number of likely N-dealkylation sites (N-methyl/N-ethyl adjacent to an activating group) is 1. The largest absolute Gasteiger partial charge is 0.484 e. The van der Waals surface area contributed by atoms with E-state index >= 15 is 0 Å². The van der Waals surface area contributed by atoms with Crippen LogP contribution >= 0.6 is 0 Å². The summed E-state index contributed by atoms with van der Waals surface area (Å²) in [4.78, 5) is 4.28. The molecule has 0 radical (unpaired) electrons. The molecule has 1 unspecified atom stereocenters. The number of benzene rings is 1. The molecular weight excluding hydrogens is 266 g/mol. The zero-order valence-corrected chi connectivity index (χ0v) is 13.1. The van der Waals surface area contributed by atoms with E-state index in [1.807, 2.05) is 33.0 Å². The van der Waals surface area contributed by atoms with Crippen molar-refractivity contribution in [2.45, 2.75) is 45.8 Å². The summed E-state index contributed by atoms with van der Waals surface area (Å²) in [6, 6.07) is 8.56. The maximum Gasteiger partial charge on any atom is 0.264 e. The average Bonchev–Trinajstić information content (AvgIpc) is 2.95. The molecule has 5 heteroatoms. The van der Waals surface area contributed by atoms with Crippen molar-refractivity contribution in [3.8, 4) is 5.75 Å². The van der Waals surface area contributed by atoms with Crippen molar-refractivity contribution >= 4 is 0 Å². The third kappa shape index (κ3) is 4.56. The summed E-state index contributed by atoms with van der Waals surface area (Å²) >= 11 is 0. The SMILES string of the molecule is CNC(C)Cc1ccc(OCc2nc(C(C)C)no2)cc1. The molecule has 1 aromatic carbocycles. The molecular formula is C16H23N3O2.